The van der Waals surface area contributed by atoms with E-state index in [-0.39, 0.29) is 31.0 Å². The molecule has 2 aliphatic rings. The number of aromatic nitrogens is 1. The number of anilines is 1. The first kappa shape index (κ1) is 22.1. The lowest BCUT2D eigenvalue weighted by atomic mass is 9.90. The molecule has 2 heterocycles. The Hall–Kier alpha value is -3.15. The number of nitrogens with one attached hydrogen (secondary N) is 2. The highest BCUT2D eigenvalue weighted by molar-refractivity contribution is 6.00. The summed E-state index contributed by atoms with van der Waals surface area (Å²) < 4.78 is 44.1. The van der Waals surface area contributed by atoms with Crippen molar-refractivity contribution in [1.29, 1.82) is 0 Å². The van der Waals surface area contributed by atoms with Gasteiger partial charge in [0.05, 0.1) is 17.6 Å². The summed E-state index contributed by atoms with van der Waals surface area (Å²) in [5.74, 6) is 0.472. The predicted molar refractivity (Wildman–Crippen MR) is 115 cm³/mol. The fourth-order valence-electron chi connectivity index (χ4n) is 4.84. The molecule has 1 aliphatic heterocycles. The highest BCUT2D eigenvalue weighted by Crippen LogP contribution is 2.43. The molecule has 0 spiro atoms. The third-order valence-electron chi connectivity index (χ3n) is 6.13. The van der Waals surface area contributed by atoms with Crippen LogP contribution in [0.2, 0.25) is 0 Å². The molecule has 1 saturated heterocycles. The van der Waals surface area contributed by atoms with Crippen LogP contribution in [-0.4, -0.2) is 41.9 Å². The van der Waals surface area contributed by atoms with E-state index in [4.69, 9.17) is 5.73 Å². The molecular weight excluding hydrogens is 421 g/mol. The van der Waals surface area contributed by atoms with Gasteiger partial charge in [0.25, 0.3) is 11.8 Å². The van der Waals surface area contributed by atoms with E-state index in [2.05, 4.69) is 22.1 Å². The molecule has 0 radical (unpaired) electrons. The van der Waals surface area contributed by atoms with Crippen LogP contribution in [0.25, 0.3) is 10.9 Å². The van der Waals surface area contributed by atoms with Crippen molar-refractivity contribution in [1.82, 2.24) is 10.3 Å². The van der Waals surface area contributed by atoms with Gasteiger partial charge in [-0.25, -0.2) is 13.2 Å². The molecule has 2 aromatic rings. The van der Waals surface area contributed by atoms with Crippen LogP contribution in [0.5, 0.6) is 0 Å². The van der Waals surface area contributed by atoms with Crippen LogP contribution < -0.4 is 16.0 Å². The van der Waals surface area contributed by atoms with Crippen LogP contribution in [0.4, 0.5) is 18.9 Å². The molecule has 1 fully saturated rings. The molecular formula is C23H25F3N4O2. The number of amides is 2. The van der Waals surface area contributed by atoms with E-state index in [1.165, 1.54) is 6.07 Å². The average Bonchev–Trinajstić information content (AvgIpc) is 3.06. The summed E-state index contributed by atoms with van der Waals surface area (Å²) in [5.41, 5.74) is 7.43. The molecule has 32 heavy (non-hydrogen) atoms. The number of H-pyrrole nitrogens is 1. The lowest BCUT2D eigenvalue weighted by molar-refractivity contribution is -0.117. The van der Waals surface area contributed by atoms with Crippen molar-refractivity contribution in [3.05, 3.63) is 28.7 Å². The van der Waals surface area contributed by atoms with Crippen molar-refractivity contribution in [2.45, 2.75) is 57.4 Å². The Kier molecular flexibility index (Phi) is 5.80. The largest absolute Gasteiger partial charge is 0.369 e. The Morgan fingerprint density at radius 2 is 2.19 bits per heavy atom. The predicted octanol–water partition coefficient (Wildman–Crippen LogP) is 2.57. The number of rotatable bonds is 4. The maximum Gasteiger partial charge on any atom is 0.296 e. The zero-order valence-corrected chi connectivity index (χ0v) is 17.8. The quantitative estimate of drug-likeness (QED) is 0.631. The van der Waals surface area contributed by atoms with E-state index >= 15 is 4.39 Å². The van der Waals surface area contributed by atoms with E-state index in [0.29, 0.717) is 53.7 Å². The van der Waals surface area contributed by atoms with Crippen molar-refractivity contribution < 1.29 is 22.8 Å². The number of nitrogens with zero attached hydrogens (tertiary/aromatic N) is 1. The second-order valence-corrected chi connectivity index (χ2v) is 8.51. The number of piperidine rings is 1. The van der Waals surface area contributed by atoms with Crippen molar-refractivity contribution in [3.63, 3.8) is 0 Å². The number of halogens is 3. The van der Waals surface area contributed by atoms with Crippen molar-refractivity contribution in [2.75, 3.05) is 18.0 Å². The second-order valence-electron chi connectivity index (χ2n) is 8.51. The molecule has 6 nitrogen and oxygen atoms in total. The fourth-order valence-corrected chi connectivity index (χ4v) is 4.84. The number of alkyl halides is 2. The first-order valence-electron chi connectivity index (χ1n) is 10.7. The first-order valence-corrected chi connectivity index (χ1v) is 10.7. The van der Waals surface area contributed by atoms with Crippen LogP contribution in [0, 0.1) is 17.7 Å². The highest BCUT2D eigenvalue weighted by atomic mass is 19.3. The van der Waals surface area contributed by atoms with E-state index in [0.717, 1.165) is 0 Å². The third-order valence-corrected chi connectivity index (χ3v) is 6.13. The smallest absolute Gasteiger partial charge is 0.296 e. The van der Waals surface area contributed by atoms with E-state index in [1.807, 2.05) is 0 Å². The summed E-state index contributed by atoms with van der Waals surface area (Å²) in [7, 11) is 0. The minimum absolute atomic E-state index is 0.141. The van der Waals surface area contributed by atoms with Gasteiger partial charge in [-0.1, -0.05) is 5.92 Å². The lowest BCUT2D eigenvalue weighted by Gasteiger charge is -2.35. The number of fused-ring (bicyclic) bond motifs is 3. The number of hydrogen-bond donors (Lipinski definition) is 3. The van der Waals surface area contributed by atoms with Crippen LogP contribution in [-0.2, 0) is 28.9 Å². The number of aryl methyl sites for hydroxylation is 1. The van der Waals surface area contributed by atoms with Gasteiger partial charge < -0.3 is 20.9 Å². The minimum atomic E-state index is -2.88. The van der Waals surface area contributed by atoms with Gasteiger partial charge in [0.1, 0.15) is 5.82 Å². The van der Waals surface area contributed by atoms with E-state index in [1.54, 1.807) is 11.8 Å². The topological polar surface area (TPSA) is 91.2 Å². The maximum atomic E-state index is 15.5. The summed E-state index contributed by atoms with van der Waals surface area (Å²) >= 11 is 0. The number of carbonyl (C=O) groups excluding carboxylic acids is 2. The molecule has 0 bridgehead atoms. The normalized spacial score (nSPS) is 19.8. The Bertz CT molecular complexity index is 1150. The summed E-state index contributed by atoms with van der Waals surface area (Å²) in [6, 6.07) is 1.01. The van der Waals surface area contributed by atoms with E-state index < -0.39 is 30.0 Å². The van der Waals surface area contributed by atoms with Crippen LogP contribution >= 0.6 is 0 Å². The summed E-state index contributed by atoms with van der Waals surface area (Å²) in [6.45, 7) is 2.41. The molecule has 170 valence electrons. The molecule has 1 atom stereocenters. The summed E-state index contributed by atoms with van der Waals surface area (Å²) in [5, 5.41) is 3.21. The fraction of sp³-hybridized carbons (Fsp3) is 0.478. The second kappa shape index (κ2) is 8.41. The Morgan fingerprint density at radius 3 is 2.91 bits per heavy atom. The molecule has 4 rings (SSSR count). The summed E-state index contributed by atoms with van der Waals surface area (Å²) in [6.07, 6.45) is 0.569. The Labute approximate surface area is 183 Å². The van der Waals surface area contributed by atoms with Gasteiger partial charge in [-0.15, -0.1) is 0 Å². The lowest BCUT2D eigenvalue weighted by Crippen LogP contribution is -2.48. The number of carbonyl (C=O) groups is 2. The van der Waals surface area contributed by atoms with Gasteiger partial charge >= 0.3 is 0 Å². The monoisotopic (exact) mass is 446 g/mol. The van der Waals surface area contributed by atoms with Crippen molar-refractivity contribution >= 4 is 28.4 Å². The molecule has 1 aliphatic carbocycles. The van der Waals surface area contributed by atoms with Gasteiger partial charge in [0.15, 0.2) is 0 Å². The van der Waals surface area contributed by atoms with Crippen LogP contribution in [0.15, 0.2) is 6.07 Å². The number of primary amides is 1. The molecule has 2 amide bonds. The van der Waals surface area contributed by atoms with Gasteiger partial charge in [0, 0.05) is 43.1 Å². The molecule has 1 aromatic heterocycles. The molecule has 0 saturated carbocycles. The van der Waals surface area contributed by atoms with Crippen molar-refractivity contribution in [2.24, 2.45) is 5.73 Å². The summed E-state index contributed by atoms with van der Waals surface area (Å²) in [4.78, 5) is 28.4. The number of benzene rings is 1. The Balaban J connectivity index is 1.81. The van der Waals surface area contributed by atoms with Gasteiger partial charge in [-0.3, -0.25) is 9.59 Å². The number of hydrogen-bond acceptors (Lipinski definition) is 3. The SMILES string of the molecule is CC#CC(=O)N[C@H]1CCCN(c2c(F)cc(CC(N)=O)c3[nH]c4c(c23)CC(F)(F)CC4)C1. The molecule has 4 N–H and O–H groups in total. The van der Waals surface area contributed by atoms with Gasteiger partial charge in [-0.2, -0.15) is 0 Å². The number of nitrogens with two attached hydrogens (primary N) is 1. The molecule has 9 heteroatoms. The third kappa shape index (κ3) is 4.27. The Morgan fingerprint density at radius 1 is 1.41 bits per heavy atom. The zero-order chi connectivity index (χ0) is 23.0. The molecule has 0 unspecified atom stereocenters. The zero-order valence-electron chi connectivity index (χ0n) is 17.8. The van der Waals surface area contributed by atoms with Crippen LogP contribution in [0.1, 0.15) is 43.0 Å². The average molecular weight is 446 g/mol. The maximum absolute atomic E-state index is 15.5. The van der Waals surface area contributed by atoms with E-state index in [9.17, 15) is 18.4 Å². The minimum Gasteiger partial charge on any atom is -0.369 e. The van der Waals surface area contributed by atoms with Gasteiger partial charge in [0.2, 0.25) is 5.91 Å². The highest BCUT2D eigenvalue weighted by Gasteiger charge is 2.38. The standard InChI is InChI=1S/C23H25F3N4O2/c1-2-4-19(32)28-14-5-3-8-30(12-14)22-16(24)9-13(10-18(27)31)21-20(22)15-11-23(25,26)7-6-17(15)29-21/h9,14,29H,3,5-8,10-12H2,1H3,(H2,27,31)(H,28,32)/t14-/m0/s1. The first-order chi connectivity index (χ1) is 15.2. The molecule has 1 aromatic carbocycles. The number of aromatic amines is 1. The van der Waals surface area contributed by atoms with Crippen LogP contribution in [0.3, 0.4) is 0 Å². The van der Waals surface area contributed by atoms with Crippen molar-refractivity contribution in [3.8, 4) is 11.8 Å². The van der Waals surface area contributed by atoms with Gasteiger partial charge in [-0.05, 0) is 49.3 Å².